The second-order valence-electron chi connectivity index (χ2n) is 5.87. The van der Waals surface area contributed by atoms with Crippen LogP contribution in [0.25, 0.3) is 21.8 Å². The number of benzene rings is 2. The minimum Gasteiger partial charge on any atom is -0.408 e. The van der Waals surface area contributed by atoms with Gasteiger partial charge in [-0.05, 0) is 24.3 Å². The Labute approximate surface area is 141 Å². The standard InChI is InChI=1S/C19H14N2O4/c1-11(17-21-15-9-5-3-7-13(15)19(23)25-17)10-16-20-14-8-4-2-6-12(14)18(22)24-16/h2-9,11H,10H2,1H3. The fraction of sp³-hybridized carbons (Fsp3) is 0.158. The maximum absolute atomic E-state index is 12.1. The molecule has 0 bridgehead atoms. The van der Waals surface area contributed by atoms with E-state index in [2.05, 4.69) is 9.97 Å². The Morgan fingerprint density at radius 1 is 0.840 bits per heavy atom. The lowest BCUT2D eigenvalue weighted by molar-refractivity contribution is 0.381. The molecule has 4 aromatic rings. The summed E-state index contributed by atoms with van der Waals surface area (Å²) in [6, 6.07) is 14.0. The predicted octanol–water partition coefficient (Wildman–Crippen LogP) is 3.04. The zero-order chi connectivity index (χ0) is 17.4. The first-order valence-electron chi connectivity index (χ1n) is 7.90. The summed E-state index contributed by atoms with van der Waals surface area (Å²) in [6.07, 6.45) is 0.300. The molecule has 1 unspecified atom stereocenters. The van der Waals surface area contributed by atoms with Gasteiger partial charge in [-0.25, -0.2) is 19.6 Å². The molecule has 6 nitrogen and oxygen atoms in total. The fourth-order valence-electron chi connectivity index (χ4n) is 2.75. The summed E-state index contributed by atoms with van der Waals surface area (Å²) in [6.45, 7) is 1.84. The fourth-order valence-corrected chi connectivity index (χ4v) is 2.75. The lowest BCUT2D eigenvalue weighted by atomic mass is 10.1. The lowest BCUT2D eigenvalue weighted by Crippen LogP contribution is -2.11. The average Bonchev–Trinajstić information content (AvgIpc) is 2.62. The Kier molecular flexibility index (Phi) is 3.65. The van der Waals surface area contributed by atoms with Gasteiger partial charge in [0.2, 0.25) is 5.89 Å². The third-order valence-corrected chi connectivity index (χ3v) is 4.03. The molecule has 0 fully saturated rings. The Bertz CT molecular complexity index is 1190. The lowest BCUT2D eigenvalue weighted by Gasteiger charge is -2.09. The Balaban J connectivity index is 1.72. The minimum atomic E-state index is -0.430. The molecule has 0 spiro atoms. The van der Waals surface area contributed by atoms with Gasteiger partial charge in [0, 0.05) is 12.3 Å². The van der Waals surface area contributed by atoms with Crippen LogP contribution in [-0.2, 0) is 6.42 Å². The van der Waals surface area contributed by atoms with Crippen molar-refractivity contribution in [3.05, 3.63) is 81.2 Å². The summed E-state index contributed by atoms with van der Waals surface area (Å²) >= 11 is 0. The first-order valence-corrected chi connectivity index (χ1v) is 7.90. The van der Waals surface area contributed by atoms with Gasteiger partial charge in [-0.3, -0.25) is 0 Å². The van der Waals surface area contributed by atoms with Crippen LogP contribution in [0, 0.1) is 0 Å². The van der Waals surface area contributed by atoms with Gasteiger partial charge in [-0.2, -0.15) is 0 Å². The summed E-state index contributed by atoms with van der Waals surface area (Å²) < 4.78 is 10.6. The molecule has 0 N–H and O–H groups in total. The van der Waals surface area contributed by atoms with Crippen LogP contribution in [0.5, 0.6) is 0 Å². The molecule has 0 aliphatic heterocycles. The smallest absolute Gasteiger partial charge is 0.346 e. The van der Waals surface area contributed by atoms with E-state index < -0.39 is 11.3 Å². The highest BCUT2D eigenvalue weighted by Crippen LogP contribution is 2.19. The van der Waals surface area contributed by atoms with E-state index >= 15 is 0 Å². The van der Waals surface area contributed by atoms with Gasteiger partial charge >= 0.3 is 11.3 Å². The van der Waals surface area contributed by atoms with Crippen LogP contribution in [0.3, 0.4) is 0 Å². The van der Waals surface area contributed by atoms with Crippen LogP contribution in [0.2, 0.25) is 0 Å². The van der Waals surface area contributed by atoms with Crippen LogP contribution >= 0.6 is 0 Å². The topological polar surface area (TPSA) is 86.2 Å². The summed E-state index contributed by atoms with van der Waals surface area (Å²) in [4.78, 5) is 32.9. The van der Waals surface area contributed by atoms with Crippen LogP contribution < -0.4 is 11.3 Å². The molecule has 2 aromatic carbocycles. The zero-order valence-corrected chi connectivity index (χ0v) is 13.4. The molecular weight excluding hydrogens is 320 g/mol. The highest BCUT2D eigenvalue weighted by atomic mass is 16.4. The average molecular weight is 334 g/mol. The highest BCUT2D eigenvalue weighted by Gasteiger charge is 2.17. The van der Waals surface area contributed by atoms with E-state index in [0.717, 1.165) is 0 Å². The van der Waals surface area contributed by atoms with Gasteiger partial charge < -0.3 is 8.83 Å². The van der Waals surface area contributed by atoms with Gasteiger partial charge in [-0.1, -0.05) is 31.2 Å². The van der Waals surface area contributed by atoms with E-state index in [9.17, 15) is 9.59 Å². The normalized spacial score (nSPS) is 12.5. The summed E-state index contributed by atoms with van der Waals surface area (Å²) in [7, 11) is 0. The van der Waals surface area contributed by atoms with Gasteiger partial charge in [0.1, 0.15) is 0 Å². The van der Waals surface area contributed by atoms with E-state index in [4.69, 9.17) is 8.83 Å². The molecule has 0 aliphatic carbocycles. The minimum absolute atomic E-state index is 0.269. The molecule has 25 heavy (non-hydrogen) atoms. The van der Waals surface area contributed by atoms with E-state index in [1.165, 1.54) is 0 Å². The van der Waals surface area contributed by atoms with Crippen LogP contribution in [0.4, 0.5) is 0 Å². The molecule has 4 rings (SSSR count). The van der Waals surface area contributed by atoms with Crippen molar-refractivity contribution in [2.24, 2.45) is 0 Å². The quantitative estimate of drug-likeness (QED) is 0.572. The van der Waals surface area contributed by atoms with Crippen molar-refractivity contribution in [2.75, 3.05) is 0 Å². The number of para-hydroxylation sites is 2. The Morgan fingerprint density at radius 3 is 2.08 bits per heavy atom. The van der Waals surface area contributed by atoms with Gasteiger partial charge in [0.05, 0.1) is 21.8 Å². The molecule has 0 saturated heterocycles. The van der Waals surface area contributed by atoms with Crippen molar-refractivity contribution < 1.29 is 8.83 Å². The number of fused-ring (bicyclic) bond motifs is 2. The number of hydrogen-bond acceptors (Lipinski definition) is 6. The monoisotopic (exact) mass is 334 g/mol. The molecule has 0 radical (unpaired) electrons. The molecule has 2 aromatic heterocycles. The first kappa shape index (κ1) is 15.3. The number of nitrogens with zero attached hydrogens (tertiary/aromatic N) is 2. The summed E-state index contributed by atoms with van der Waals surface area (Å²) in [5.74, 6) is 0.309. The zero-order valence-electron chi connectivity index (χ0n) is 13.4. The summed E-state index contributed by atoms with van der Waals surface area (Å²) in [5.41, 5.74) is 0.295. The molecule has 2 heterocycles. The molecule has 0 amide bonds. The van der Waals surface area contributed by atoms with Crippen molar-refractivity contribution in [3.63, 3.8) is 0 Å². The second-order valence-corrected chi connectivity index (χ2v) is 5.87. The van der Waals surface area contributed by atoms with Crippen molar-refractivity contribution in [1.82, 2.24) is 9.97 Å². The highest BCUT2D eigenvalue weighted by molar-refractivity contribution is 5.77. The van der Waals surface area contributed by atoms with Crippen LogP contribution in [0.1, 0.15) is 24.6 Å². The maximum Gasteiger partial charge on any atom is 0.346 e. The molecule has 0 aliphatic rings. The SMILES string of the molecule is CC(Cc1nc2ccccc2c(=O)o1)c1nc2ccccc2c(=O)o1. The largest absolute Gasteiger partial charge is 0.408 e. The van der Waals surface area contributed by atoms with Gasteiger partial charge in [0.25, 0.3) is 0 Å². The van der Waals surface area contributed by atoms with Crippen molar-refractivity contribution in [1.29, 1.82) is 0 Å². The first-order chi connectivity index (χ1) is 12.1. The molecular formula is C19H14N2O4. The Hall–Kier alpha value is -3.28. The third kappa shape index (κ3) is 2.82. The van der Waals surface area contributed by atoms with E-state index in [1.54, 1.807) is 36.4 Å². The number of hydrogen-bond donors (Lipinski definition) is 0. The molecule has 1 atom stereocenters. The second kappa shape index (κ2) is 5.98. The number of aromatic nitrogens is 2. The number of rotatable bonds is 3. The van der Waals surface area contributed by atoms with E-state index in [-0.39, 0.29) is 11.8 Å². The molecule has 0 saturated carbocycles. The summed E-state index contributed by atoms with van der Waals surface area (Å²) in [5, 5.41) is 0.878. The van der Waals surface area contributed by atoms with E-state index in [1.807, 2.05) is 19.1 Å². The van der Waals surface area contributed by atoms with Crippen molar-refractivity contribution in [2.45, 2.75) is 19.3 Å². The molecule has 124 valence electrons. The Morgan fingerprint density at radius 2 is 1.40 bits per heavy atom. The van der Waals surface area contributed by atoms with Gasteiger partial charge in [-0.15, -0.1) is 0 Å². The third-order valence-electron chi connectivity index (χ3n) is 4.03. The van der Waals surface area contributed by atoms with Crippen molar-refractivity contribution in [3.8, 4) is 0 Å². The molecule has 6 heteroatoms. The van der Waals surface area contributed by atoms with Gasteiger partial charge in [0.15, 0.2) is 5.89 Å². The van der Waals surface area contributed by atoms with Crippen molar-refractivity contribution >= 4 is 21.8 Å². The van der Waals surface area contributed by atoms with Crippen LogP contribution in [0.15, 0.2) is 67.0 Å². The predicted molar refractivity (Wildman–Crippen MR) is 92.7 cm³/mol. The maximum atomic E-state index is 12.1. The van der Waals surface area contributed by atoms with Crippen LogP contribution in [-0.4, -0.2) is 9.97 Å². The van der Waals surface area contributed by atoms with E-state index in [0.29, 0.717) is 34.1 Å².